The zero-order chi connectivity index (χ0) is 76.8. The number of nitrogens with zero attached hydrogens (tertiary/aromatic N) is 2. The molecule has 105 heavy (non-hydrogen) atoms. The van der Waals surface area contributed by atoms with Crippen molar-refractivity contribution >= 4 is 80.4 Å². The fourth-order valence-electron chi connectivity index (χ4n) is 16.5. The van der Waals surface area contributed by atoms with Crippen molar-refractivity contribution in [2.75, 3.05) is 0 Å². The third-order valence-electron chi connectivity index (χ3n) is 21.0. The highest BCUT2D eigenvalue weighted by Crippen LogP contribution is 2.63. The Morgan fingerprint density at radius 3 is 0.943 bits per heavy atom. The number of carbonyl (C=O) groups excluding carboxylic acids is 5. The van der Waals surface area contributed by atoms with Gasteiger partial charge in [-0.25, -0.2) is 0 Å². The molecule has 6 aliphatic heterocycles. The van der Waals surface area contributed by atoms with Crippen LogP contribution in [0.1, 0.15) is 150 Å². The summed E-state index contributed by atoms with van der Waals surface area (Å²) in [7, 11) is -8.19. The van der Waals surface area contributed by atoms with Crippen molar-refractivity contribution in [3.05, 3.63) is 200 Å². The van der Waals surface area contributed by atoms with Gasteiger partial charge in [-0.15, -0.1) is 0 Å². The fourth-order valence-corrected chi connectivity index (χ4v) is 30.6. The number of ether oxygens (including phenoxy) is 9. The van der Waals surface area contributed by atoms with Crippen LogP contribution in [0.5, 0.6) is 0 Å². The van der Waals surface area contributed by atoms with Gasteiger partial charge in [0.2, 0.25) is 12.1 Å². The Morgan fingerprint density at radius 1 is 0.457 bits per heavy atom. The predicted molar refractivity (Wildman–Crippen MR) is 404 cm³/mol. The number of hydrogen-bond donors (Lipinski definition) is 0. The molecule has 0 amide bonds. The van der Waals surface area contributed by atoms with E-state index in [1.54, 1.807) is 0 Å². The van der Waals surface area contributed by atoms with Gasteiger partial charge >= 0.3 is 18.5 Å². The molecular formula is C83H106N2O17Si3. The molecule has 2 saturated carbocycles. The van der Waals surface area contributed by atoms with Crippen molar-refractivity contribution in [1.29, 1.82) is 0 Å². The first-order valence-corrected chi connectivity index (χ1v) is 42.0. The van der Waals surface area contributed by atoms with E-state index < -0.39 is 54.7 Å². The van der Waals surface area contributed by atoms with E-state index >= 15 is 0 Å². The Kier molecular flexibility index (Phi) is 25.3. The molecule has 6 aromatic rings. The molecule has 6 aromatic carbocycles. The van der Waals surface area contributed by atoms with Crippen LogP contribution >= 0.6 is 0 Å². The van der Waals surface area contributed by atoms with Gasteiger partial charge in [-0.2, -0.15) is 24.0 Å². The van der Waals surface area contributed by atoms with Gasteiger partial charge in [-0.3, -0.25) is 4.79 Å². The van der Waals surface area contributed by atoms with E-state index in [2.05, 4.69) is 257 Å². The van der Waals surface area contributed by atoms with Crippen molar-refractivity contribution in [3.63, 3.8) is 0 Å². The molecule has 22 heteroatoms. The molecule has 0 aromatic heterocycles. The van der Waals surface area contributed by atoms with Gasteiger partial charge in [0.1, 0.15) is 47.5 Å². The van der Waals surface area contributed by atoms with Gasteiger partial charge in [0.05, 0.1) is 0 Å². The Morgan fingerprint density at radius 2 is 0.714 bits per heavy atom. The summed E-state index contributed by atoms with van der Waals surface area (Å²) in [5.41, 5.74) is 6.96. The van der Waals surface area contributed by atoms with E-state index in [-0.39, 0.29) is 87.5 Å². The molecule has 2 spiro atoms. The summed E-state index contributed by atoms with van der Waals surface area (Å²) < 4.78 is 78.7. The molecule has 2 aliphatic carbocycles. The Hall–Kier alpha value is -7.12. The van der Waals surface area contributed by atoms with Gasteiger partial charge in [0.15, 0.2) is 36.0 Å². The van der Waals surface area contributed by atoms with Crippen LogP contribution in [-0.2, 0) is 79.9 Å². The standard InChI is InChI=1S/2C27H36O4Si.C24H30O4Si.C3H4N2O.2CO2/c2*1-7-19-18-27(19)23(22-24(30-27)29-26(5,6)28-22)31-32(25(2,3)4,20-14-10-8-11-15-20)21-16-12-9-13-17-21;1-17-20(21-22(25-17)27-24(5,6)26-21)28-29(23(2,3)4,18-13-9-7-10-14-18)19-15-11-8-12-16-19;1-3(6)2-5-4;2*2-1-3/h2*8-17,19,22-24H,7,18H2,1-6H3;7-16,20-22H,1H2,2-6H3;2H,1H3;;/t19?,22?,23-,24+,27+;19?,22?,23-,24+,27-;20-,21?,22+;;;/m110.../s1. The Balaban J connectivity index is 0.000000169. The SMILES string of the molecule is C=C1O[C@@H]2OC(C)(C)OC2[C@H]1O[Si](c1ccccc1)(c1ccccc1)C(C)(C)C.CC(=O)C=[N+]=[N-].CCC1C[C@@]12O[C@@H]1OC(C)(C)OC1[C@H]2O[Si](c1ccccc1)(c1ccccc1)C(C)(C)C.CCC1C[C@]12O[C@@H]1OC(C)(C)OC1[C@H]2O[Si](c1ccccc1)(c1ccccc1)C(C)(C)C.O=C=O.O=C=O. The lowest BCUT2D eigenvalue weighted by molar-refractivity contribution is -0.221. The molecule has 8 fully saturated rings. The summed E-state index contributed by atoms with van der Waals surface area (Å²) in [6.07, 6.45) is 2.77. The largest absolute Gasteiger partial charge is 0.464 e. The van der Waals surface area contributed by atoms with Crippen molar-refractivity contribution in [2.45, 2.75) is 249 Å². The van der Waals surface area contributed by atoms with E-state index in [1.807, 2.05) is 53.7 Å². The van der Waals surface area contributed by atoms with E-state index in [0.29, 0.717) is 17.6 Å². The third-order valence-corrected chi connectivity index (χ3v) is 36.0. The maximum atomic E-state index is 9.73. The Labute approximate surface area is 622 Å². The summed E-state index contributed by atoms with van der Waals surface area (Å²) in [6.45, 7) is 42.3. The normalized spacial score (nSPS) is 28.1. The number of carbonyl (C=O) groups is 1. The second-order valence-corrected chi connectivity index (χ2v) is 45.1. The molecule has 14 rings (SSSR count). The number of fused-ring (bicyclic) bond motifs is 3. The van der Waals surface area contributed by atoms with Crippen LogP contribution in [0.3, 0.4) is 0 Å². The van der Waals surface area contributed by atoms with E-state index in [4.69, 9.17) is 80.6 Å². The van der Waals surface area contributed by atoms with E-state index in [9.17, 15) is 4.79 Å². The van der Waals surface area contributed by atoms with Crippen LogP contribution in [0, 0.1) is 11.8 Å². The Bertz CT molecular complexity index is 3720. The van der Waals surface area contributed by atoms with Gasteiger partial charge in [0.25, 0.3) is 25.0 Å². The number of benzene rings is 6. The molecule has 0 bridgehead atoms. The van der Waals surface area contributed by atoms with Crippen LogP contribution in [0.25, 0.3) is 5.53 Å². The highest BCUT2D eigenvalue weighted by Gasteiger charge is 2.76. The second-order valence-electron chi connectivity index (χ2n) is 32.4. The van der Waals surface area contributed by atoms with Gasteiger partial charge < -0.3 is 61.4 Å². The molecule has 8 aliphatic rings. The summed E-state index contributed by atoms with van der Waals surface area (Å²) in [6, 6.07) is 64.4. The molecule has 6 saturated heterocycles. The minimum atomic E-state index is -2.74. The molecular weight excluding hydrogens is 1380 g/mol. The minimum Gasteiger partial charge on any atom is -0.464 e. The molecule has 0 radical (unpaired) electrons. The second kappa shape index (κ2) is 32.4. The van der Waals surface area contributed by atoms with Crippen molar-refractivity contribution in [1.82, 2.24) is 0 Å². The zero-order valence-electron chi connectivity index (χ0n) is 64.1. The number of Topliss-reactive ketones (excluding diaryl/α,β-unsaturated/α-hetero) is 1. The lowest BCUT2D eigenvalue weighted by atomic mass is 10.1. The molecule has 13 atom stereocenters. The van der Waals surface area contributed by atoms with Gasteiger partial charge in [-0.05, 0) is 112 Å². The monoisotopic (exact) mass is 1490 g/mol. The summed E-state index contributed by atoms with van der Waals surface area (Å²) in [5.74, 6) is -0.760. The number of rotatable bonds is 15. The summed E-state index contributed by atoms with van der Waals surface area (Å²) in [5, 5.41) is 7.23. The summed E-state index contributed by atoms with van der Waals surface area (Å²) >= 11 is 0. The van der Waals surface area contributed by atoms with Crippen molar-refractivity contribution in [3.8, 4) is 0 Å². The van der Waals surface area contributed by atoms with Crippen LogP contribution in [0.15, 0.2) is 194 Å². The number of hydrogen-bond acceptors (Lipinski definition) is 17. The van der Waals surface area contributed by atoms with Crippen LogP contribution < -0.4 is 31.1 Å². The van der Waals surface area contributed by atoms with Crippen LogP contribution in [0.4, 0.5) is 0 Å². The molecule has 0 N–H and O–H groups in total. The first kappa shape index (κ1) is 81.9. The first-order chi connectivity index (χ1) is 49.5. The predicted octanol–water partition coefficient (Wildman–Crippen LogP) is 11.9. The maximum Gasteiger partial charge on any atom is 0.373 e. The maximum absolute atomic E-state index is 9.73. The lowest BCUT2D eigenvalue weighted by Gasteiger charge is -2.46. The first-order valence-electron chi connectivity index (χ1n) is 36.3. The molecule has 5 unspecified atom stereocenters. The quantitative estimate of drug-likeness (QED) is 0.0402. The minimum absolute atomic E-state index is 0.0967. The van der Waals surface area contributed by atoms with E-state index in [1.165, 1.54) is 38.0 Å². The van der Waals surface area contributed by atoms with Crippen molar-refractivity contribution < 1.29 is 84.7 Å². The van der Waals surface area contributed by atoms with Gasteiger partial charge in [-0.1, -0.05) is 278 Å². The molecule has 562 valence electrons. The lowest BCUT2D eigenvalue weighted by Crippen LogP contribution is -2.69. The van der Waals surface area contributed by atoms with Gasteiger partial charge in [0, 0.05) is 6.92 Å². The fraction of sp³-hybridized carbons (Fsp3) is 0.494. The number of ketones is 1. The van der Waals surface area contributed by atoms with Crippen LogP contribution in [0.2, 0.25) is 15.1 Å². The average Bonchev–Trinajstić information content (AvgIpc) is 1.53. The zero-order valence-corrected chi connectivity index (χ0v) is 67.1. The van der Waals surface area contributed by atoms with Crippen LogP contribution in [-0.4, -0.2) is 138 Å². The average molecular weight is 1490 g/mol. The molecule has 19 nitrogen and oxygen atoms in total. The molecule has 6 heterocycles. The van der Waals surface area contributed by atoms with Crippen molar-refractivity contribution in [2.24, 2.45) is 11.8 Å². The highest BCUT2D eigenvalue weighted by molar-refractivity contribution is 7.00. The smallest absolute Gasteiger partial charge is 0.373 e. The topological polar surface area (TPSA) is 233 Å². The highest BCUT2D eigenvalue weighted by atomic mass is 28.4. The summed E-state index contributed by atoms with van der Waals surface area (Å²) in [4.78, 5) is 44.7. The van der Waals surface area contributed by atoms with E-state index in [0.717, 1.165) is 31.9 Å². The third kappa shape index (κ3) is 16.8.